The second-order valence-electron chi connectivity index (χ2n) is 25.9. The third kappa shape index (κ3) is 31.4. The van der Waals surface area contributed by atoms with Crippen LogP contribution in [0.15, 0.2) is 266 Å². The number of H-pyrrole nitrogens is 1. The van der Waals surface area contributed by atoms with Crippen molar-refractivity contribution in [1.82, 2.24) is 36.8 Å². The Kier molecular flexibility index (Phi) is 37.9. The molecule has 10 N–H and O–H groups in total. The highest BCUT2D eigenvalue weighted by Gasteiger charge is 2.35. The summed E-state index contributed by atoms with van der Waals surface area (Å²) in [7, 11) is 0. The molecule has 6 aromatic heterocycles. The van der Waals surface area contributed by atoms with Gasteiger partial charge in [0.05, 0.1) is 100 Å². The van der Waals surface area contributed by atoms with Crippen molar-refractivity contribution in [3.63, 3.8) is 0 Å². The van der Waals surface area contributed by atoms with Crippen LogP contribution in [0.4, 0.5) is 22.7 Å². The Balaban J connectivity index is 0.000000193. The molecule has 0 radical (unpaired) electrons. The van der Waals surface area contributed by atoms with Crippen LogP contribution in [0.1, 0.15) is 134 Å². The summed E-state index contributed by atoms with van der Waals surface area (Å²) in [6.07, 6.45) is 16.3. The number of aromatic hydroxyl groups is 2. The molecular weight excluding hydrogens is 1690 g/mol. The van der Waals surface area contributed by atoms with Gasteiger partial charge in [-0.25, -0.2) is 31.3 Å². The van der Waals surface area contributed by atoms with E-state index in [0.717, 1.165) is 42.0 Å². The van der Waals surface area contributed by atoms with Gasteiger partial charge in [0.1, 0.15) is 70.0 Å². The number of nitrogens with one attached hydrogen (secondary N) is 7. The molecule has 2 aliphatic heterocycles. The molecule has 128 heavy (non-hydrogen) atoms. The number of nitro groups is 2. The Hall–Kier alpha value is -17.1. The number of hydrazone groups is 4. The van der Waals surface area contributed by atoms with Crippen molar-refractivity contribution < 1.29 is 109 Å². The predicted molar refractivity (Wildman–Crippen MR) is 458 cm³/mol. The molecule has 41 nitrogen and oxygen atoms in total. The molecule has 1 fully saturated rings. The molecule has 8 heterocycles. The number of aromatic amines is 1. The van der Waals surface area contributed by atoms with Gasteiger partial charge in [0.15, 0.2) is 0 Å². The molecule has 0 bridgehead atoms. The van der Waals surface area contributed by atoms with Crippen molar-refractivity contribution in [3.8, 4) is 28.9 Å². The fourth-order valence-corrected chi connectivity index (χ4v) is 10.8. The van der Waals surface area contributed by atoms with E-state index in [1.54, 1.807) is 128 Å². The van der Waals surface area contributed by atoms with Crippen LogP contribution in [0.25, 0.3) is 17.4 Å². The molecule has 1 saturated heterocycles. The Labute approximate surface area is 730 Å². The third-order valence-corrected chi connectivity index (χ3v) is 17.0. The molecule has 0 saturated carbocycles. The average Bonchev–Trinajstić information content (AvgIpc) is 1.13. The lowest BCUT2D eigenvalue weighted by atomic mass is 9.94. The number of rotatable bonds is 28. The highest BCUT2D eigenvalue weighted by Crippen LogP contribution is 2.32. The second-order valence-corrected chi connectivity index (χ2v) is 26.3. The minimum absolute atomic E-state index is 0.00518. The van der Waals surface area contributed by atoms with Gasteiger partial charge in [-0.2, -0.15) is 30.8 Å². The number of ether oxygens (including phenoxy) is 3. The number of benzene rings is 5. The number of aliphatic hydroxyl groups is 1. The number of phenolic OH excluding ortho intramolecular Hbond substituents is 2. The van der Waals surface area contributed by atoms with Gasteiger partial charge in [0.25, 0.3) is 40.9 Å². The van der Waals surface area contributed by atoms with Crippen molar-refractivity contribution in [3.05, 3.63) is 306 Å². The first-order valence-electron chi connectivity index (χ1n) is 38.0. The molecule has 8 amide bonds. The number of hydrogen-bond acceptors (Lipinski definition) is 31. The number of amides is 8. The number of nitrogens with zero attached hydrogens (tertiary/aromatic N) is 9. The van der Waals surface area contributed by atoms with Crippen LogP contribution in [0.5, 0.6) is 11.5 Å². The summed E-state index contributed by atoms with van der Waals surface area (Å²) in [6, 6.07) is 47.1. The van der Waals surface area contributed by atoms with E-state index < -0.39 is 50.9 Å². The highest BCUT2D eigenvalue weighted by atomic mass is 35.5. The first kappa shape index (κ1) is 96.3. The van der Waals surface area contributed by atoms with E-state index >= 15 is 0 Å². The molecule has 5 aromatic carbocycles. The lowest BCUT2D eigenvalue weighted by Crippen LogP contribution is -2.43. The number of aliphatic hydroxyl groups excluding tert-OH is 1. The van der Waals surface area contributed by atoms with E-state index in [0.29, 0.717) is 69.4 Å². The maximum Gasteiger partial charge on any atom is 0.339 e. The zero-order chi connectivity index (χ0) is 92.3. The molecule has 1 atom stereocenters. The van der Waals surface area contributed by atoms with Gasteiger partial charge in [0.2, 0.25) is 17.7 Å². The van der Waals surface area contributed by atoms with Crippen molar-refractivity contribution in [2.45, 2.75) is 59.0 Å². The number of carbonyl (C=O) groups is 10. The van der Waals surface area contributed by atoms with Crippen molar-refractivity contribution >= 4 is 124 Å². The molecule has 11 aromatic rings. The minimum Gasteiger partial charge on any atom is -0.508 e. The van der Waals surface area contributed by atoms with Gasteiger partial charge in [-0.1, -0.05) is 29.8 Å². The molecular formula is C86H79ClN16O25. The van der Waals surface area contributed by atoms with Crippen LogP contribution in [0, 0.1) is 31.6 Å². The average molecular weight is 1770 g/mol. The van der Waals surface area contributed by atoms with E-state index in [1.807, 2.05) is 24.3 Å². The summed E-state index contributed by atoms with van der Waals surface area (Å²) in [6.45, 7) is 5.27. The first-order chi connectivity index (χ1) is 61.7. The van der Waals surface area contributed by atoms with E-state index in [-0.39, 0.29) is 131 Å². The van der Waals surface area contributed by atoms with E-state index in [4.69, 9.17) is 58.1 Å². The zero-order valence-electron chi connectivity index (χ0n) is 67.9. The van der Waals surface area contributed by atoms with Gasteiger partial charge < -0.3 is 62.2 Å². The van der Waals surface area contributed by atoms with Crippen LogP contribution in [0.3, 0.4) is 0 Å². The van der Waals surface area contributed by atoms with E-state index in [1.165, 1.54) is 88.2 Å². The molecule has 660 valence electrons. The van der Waals surface area contributed by atoms with E-state index in [2.05, 4.69) is 62.9 Å². The standard InChI is InChI=1S/C24H21ClN2O6.C15H15N3O3.C14H13N3O3.C12H12N2O7.C12H10N2O4.C9H8N4O2/c1-3-32-24(31)18-11-15(5-7-20(18)25)21-8-6-16(33-21)12-17-14(2)19(13-26)23(30)27(22(17)29)9-4-10-28;19-14(17-12-5-2-1-3-6-12)8-9-15(20)18-16-11-13-7-4-10-21-13;1-10(18)16-12-6-4-11(5-7-12)14(19)17-15-9-13-3-2-8-20-13;15-12(21-7-11-2-1-3-20-11)8-4-9(13(16)17)6-10(5-8)14(18)19;15-8-3-4-10(11(16)6-8)12(17)14-13-7-9-2-1-5-18-9;14-9(8-3-4-10-12-8)13-11-6-7-2-1-5-15-7/h5-8,11-12,28H,3-4,9-10H2,1-2H3;1-7,10-11H,8-9H2,(H,17,19)(H,18,20);2-9H,1H3,(H,16,18)(H,17,19);4-6,11H,1-3,7H2;1-7,15-16H,(H,14,17);1-6H,(H,10,12)(H,13,14)/b17-12-;16-11+;15-9+;;13-7+;11-6+. The van der Waals surface area contributed by atoms with Crippen molar-refractivity contribution in [1.29, 1.82) is 5.26 Å². The van der Waals surface area contributed by atoms with Crippen LogP contribution in [-0.4, -0.2) is 163 Å². The van der Waals surface area contributed by atoms with Crippen LogP contribution >= 0.6 is 11.6 Å². The molecule has 2 aliphatic rings. The number of para-hydroxylation sites is 1. The molecule has 0 aliphatic carbocycles. The number of phenols is 2. The minimum atomic E-state index is -0.850. The number of imide groups is 1. The SMILES string of the molecule is CC(=O)Nc1ccc(C(=O)N/N=C/c2ccco2)cc1.CCOC(=O)c1cc(-c2ccc(/C=C3\C(=O)N(CCCO)C(=O)C(C#N)=C3C)o2)ccc1Cl.O=C(CCC(=O)Nc1ccccc1)N/N=C/c1ccco1.O=C(N/N=C/c1ccco1)c1ccc(O)cc1O.O=C(N/N=C/c1ccco1)c1ccn[nH]1.O=C(OCC1CCCO1)c1cc([N+](=O)[O-])cc([N+](=O)[O-])c1. The number of nitriles is 1. The number of aromatic nitrogens is 2. The largest absolute Gasteiger partial charge is 0.508 e. The number of furan rings is 5. The normalized spacial score (nSPS) is 12.9. The fourth-order valence-electron chi connectivity index (χ4n) is 10.6. The maximum absolute atomic E-state index is 12.9. The number of esters is 2. The number of nitro benzene ring substituents is 2. The molecule has 13 rings (SSSR count). The van der Waals surface area contributed by atoms with Gasteiger partial charge in [0, 0.05) is 92.0 Å². The lowest BCUT2D eigenvalue weighted by molar-refractivity contribution is -0.394. The monoisotopic (exact) mass is 1770 g/mol. The number of halogens is 1. The third-order valence-electron chi connectivity index (χ3n) is 16.7. The topological polar surface area (TPSA) is 588 Å². The summed E-state index contributed by atoms with van der Waals surface area (Å²) in [5.74, 6) is -2.21. The Bertz CT molecular complexity index is 5820. The smallest absolute Gasteiger partial charge is 0.339 e. The molecule has 42 heteroatoms. The summed E-state index contributed by atoms with van der Waals surface area (Å²) in [4.78, 5) is 139. The number of hydrogen-bond donors (Lipinski definition) is 10. The maximum atomic E-state index is 12.9. The van der Waals surface area contributed by atoms with Gasteiger partial charge in [-0.05, 0) is 178 Å². The van der Waals surface area contributed by atoms with Crippen LogP contribution < -0.4 is 32.3 Å². The molecule has 0 spiro atoms. The number of carbonyl (C=O) groups excluding carboxylic acids is 10. The van der Waals surface area contributed by atoms with Crippen molar-refractivity contribution in [2.24, 2.45) is 20.4 Å². The highest BCUT2D eigenvalue weighted by molar-refractivity contribution is 6.33. The van der Waals surface area contributed by atoms with Gasteiger partial charge >= 0.3 is 11.9 Å². The summed E-state index contributed by atoms with van der Waals surface area (Å²) in [5, 5.41) is 85.1. The second kappa shape index (κ2) is 50.3. The number of anilines is 2. The quantitative estimate of drug-likeness (QED) is 0.00544. The van der Waals surface area contributed by atoms with Crippen LogP contribution in [-0.2, 0) is 38.2 Å². The number of non-ortho nitro benzene ring substituents is 2. The summed E-state index contributed by atoms with van der Waals surface area (Å²) < 4.78 is 41.1. The predicted octanol–water partition coefficient (Wildman–Crippen LogP) is 12.0. The first-order valence-corrected chi connectivity index (χ1v) is 38.4. The van der Waals surface area contributed by atoms with E-state index in [9.17, 15) is 78.5 Å². The zero-order valence-corrected chi connectivity index (χ0v) is 68.6. The lowest BCUT2D eigenvalue weighted by Gasteiger charge is -2.27. The van der Waals surface area contributed by atoms with Gasteiger partial charge in [-0.3, -0.25) is 68.6 Å². The Morgan fingerprint density at radius 2 is 1.21 bits per heavy atom. The summed E-state index contributed by atoms with van der Waals surface area (Å²) >= 11 is 6.11. The van der Waals surface area contributed by atoms with Gasteiger partial charge in [-0.15, -0.1) is 0 Å². The van der Waals surface area contributed by atoms with Crippen molar-refractivity contribution in [2.75, 3.05) is 43.6 Å². The Morgan fingerprint density at radius 3 is 1.73 bits per heavy atom. The fraction of sp³-hybridized carbons (Fsp3) is 0.163. The Morgan fingerprint density at radius 1 is 0.633 bits per heavy atom. The molecule has 1 unspecified atom stereocenters. The summed E-state index contributed by atoms with van der Waals surface area (Å²) in [5.41, 5.74) is 11.2. The van der Waals surface area contributed by atoms with Crippen LogP contribution in [0.2, 0.25) is 5.02 Å².